The lowest BCUT2D eigenvalue weighted by molar-refractivity contribution is 0.156. The molecule has 16 heavy (non-hydrogen) atoms. The Morgan fingerprint density at radius 2 is 2.19 bits per heavy atom. The quantitative estimate of drug-likeness (QED) is 0.851. The fraction of sp³-hybridized carbons (Fsp3) is 0.600. The molecule has 1 heterocycles. The second-order valence-electron chi connectivity index (χ2n) is 4.06. The first-order chi connectivity index (χ1) is 7.56. The second-order valence-corrected chi connectivity index (χ2v) is 4.06. The van der Waals surface area contributed by atoms with Crippen molar-refractivity contribution < 1.29 is 8.78 Å². The number of alkyl halides is 2. The van der Waals surface area contributed by atoms with Gasteiger partial charge >= 0.3 is 0 Å². The SMILES string of the molecule is CN(CC(F)F)c1cc(N)nc(C2CC2)n1. The highest BCUT2D eigenvalue weighted by atomic mass is 19.3. The lowest BCUT2D eigenvalue weighted by atomic mass is 10.3. The standard InChI is InChI=1S/C10H14F2N4/c1-16(5-7(11)12)9-4-8(13)14-10(15-9)6-2-3-6/h4,6-7H,2-3,5H2,1H3,(H2,13,14,15). The zero-order valence-corrected chi connectivity index (χ0v) is 9.03. The molecule has 2 rings (SSSR count). The Bertz CT molecular complexity index is 379. The van der Waals surface area contributed by atoms with E-state index in [-0.39, 0.29) is 6.54 Å². The van der Waals surface area contributed by atoms with Gasteiger partial charge in [0.25, 0.3) is 6.43 Å². The number of nitrogen functional groups attached to an aromatic ring is 1. The van der Waals surface area contributed by atoms with Crippen LogP contribution in [0.4, 0.5) is 20.4 Å². The maximum atomic E-state index is 12.2. The number of halogens is 2. The minimum Gasteiger partial charge on any atom is -0.384 e. The van der Waals surface area contributed by atoms with Crippen molar-refractivity contribution in [3.63, 3.8) is 0 Å². The average Bonchev–Trinajstić information content (AvgIpc) is 2.98. The predicted octanol–water partition coefficient (Wildman–Crippen LogP) is 1.64. The molecule has 6 heteroatoms. The minimum atomic E-state index is -2.38. The molecule has 1 aromatic rings. The molecule has 1 aromatic heterocycles. The molecule has 1 saturated carbocycles. The normalized spacial score (nSPS) is 15.5. The largest absolute Gasteiger partial charge is 0.384 e. The van der Waals surface area contributed by atoms with Crippen molar-refractivity contribution >= 4 is 11.6 Å². The third kappa shape index (κ3) is 2.56. The van der Waals surface area contributed by atoms with Crippen molar-refractivity contribution in [3.8, 4) is 0 Å². The minimum absolute atomic E-state index is 0.341. The Labute approximate surface area is 92.5 Å². The van der Waals surface area contributed by atoms with E-state index < -0.39 is 6.43 Å². The van der Waals surface area contributed by atoms with E-state index >= 15 is 0 Å². The number of nitrogens with two attached hydrogens (primary N) is 1. The number of nitrogens with zero attached hydrogens (tertiary/aromatic N) is 3. The van der Waals surface area contributed by atoms with Gasteiger partial charge in [-0.15, -0.1) is 0 Å². The summed E-state index contributed by atoms with van der Waals surface area (Å²) in [6, 6.07) is 1.52. The van der Waals surface area contributed by atoms with Gasteiger partial charge in [0.2, 0.25) is 0 Å². The molecule has 0 radical (unpaired) electrons. The van der Waals surface area contributed by atoms with Crippen molar-refractivity contribution in [1.29, 1.82) is 0 Å². The predicted molar refractivity (Wildman–Crippen MR) is 57.7 cm³/mol. The van der Waals surface area contributed by atoms with Crippen LogP contribution in [0.2, 0.25) is 0 Å². The fourth-order valence-corrected chi connectivity index (χ4v) is 1.49. The monoisotopic (exact) mass is 228 g/mol. The summed E-state index contributed by atoms with van der Waals surface area (Å²) in [5.41, 5.74) is 5.63. The van der Waals surface area contributed by atoms with Gasteiger partial charge in [0.05, 0.1) is 6.54 Å². The average molecular weight is 228 g/mol. The molecule has 1 aliphatic carbocycles. The lowest BCUT2D eigenvalue weighted by Gasteiger charge is -2.18. The third-order valence-corrected chi connectivity index (χ3v) is 2.50. The molecule has 0 unspecified atom stereocenters. The topological polar surface area (TPSA) is 55.0 Å². The molecular formula is C10H14F2N4. The van der Waals surface area contributed by atoms with Gasteiger partial charge in [0.15, 0.2) is 0 Å². The van der Waals surface area contributed by atoms with Gasteiger partial charge in [-0.3, -0.25) is 0 Å². The molecule has 0 aromatic carbocycles. The Kier molecular flexibility index (Phi) is 2.89. The summed E-state index contributed by atoms with van der Waals surface area (Å²) in [7, 11) is 1.57. The van der Waals surface area contributed by atoms with Gasteiger partial charge in [0.1, 0.15) is 17.5 Å². The van der Waals surface area contributed by atoms with E-state index in [9.17, 15) is 8.78 Å². The third-order valence-electron chi connectivity index (χ3n) is 2.50. The molecule has 2 N–H and O–H groups in total. The first kappa shape index (κ1) is 11.0. The Morgan fingerprint density at radius 3 is 2.75 bits per heavy atom. The van der Waals surface area contributed by atoms with E-state index in [0.717, 1.165) is 12.8 Å². The number of anilines is 2. The highest BCUT2D eigenvalue weighted by Crippen LogP contribution is 2.38. The van der Waals surface area contributed by atoms with Crippen LogP contribution >= 0.6 is 0 Å². The highest BCUT2D eigenvalue weighted by molar-refractivity contribution is 5.47. The molecule has 0 spiro atoms. The zero-order valence-electron chi connectivity index (χ0n) is 9.03. The lowest BCUT2D eigenvalue weighted by Crippen LogP contribution is -2.25. The van der Waals surface area contributed by atoms with Crippen LogP contribution in [0.15, 0.2) is 6.07 Å². The van der Waals surface area contributed by atoms with Crippen molar-refractivity contribution in [3.05, 3.63) is 11.9 Å². The van der Waals surface area contributed by atoms with Crippen LogP contribution in [0.5, 0.6) is 0 Å². The summed E-state index contributed by atoms with van der Waals surface area (Å²) < 4.78 is 24.5. The molecule has 0 atom stereocenters. The van der Waals surface area contributed by atoms with Crippen molar-refractivity contribution in [2.75, 3.05) is 24.2 Å². The first-order valence-electron chi connectivity index (χ1n) is 5.20. The Hall–Kier alpha value is -1.46. The van der Waals surface area contributed by atoms with Crippen LogP contribution in [0.25, 0.3) is 0 Å². The summed E-state index contributed by atoms with van der Waals surface area (Å²) in [4.78, 5) is 9.76. The van der Waals surface area contributed by atoms with Crippen molar-refractivity contribution in [1.82, 2.24) is 9.97 Å². The Balaban J connectivity index is 2.19. The number of aromatic nitrogens is 2. The van der Waals surface area contributed by atoms with Gasteiger partial charge in [0, 0.05) is 19.0 Å². The van der Waals surface area contributed by atoms with Gasteiger partial charge in [-0.2, -0.15) is 0 Å². The van der Waals surface area contributed by atoms with Crippen LogP contribution in [0, 0.1) is 0 Å². The van der Waals surface area contributed by atoms with E-state index in [1.807, 2.05) is 0 Å². The van der Waals surface area contributed by atoms with Gasteiger partial charge in [-0.1, -0.05) is 0 Å². The van der Waals surface area contributed by atoms with Gasteiger partial charge < -0.3 is 10.6 Å². The molecular weight excluding hydrogens is 214 g/mol. The molecule has 0 saturated heterocycles. The smallest absolute Gasteiger partial charge is 0.255 e. The molecule has 4 nitrogen and oxygen atoms in total. The number of rotatable bonds is 4. The first-order valence-corrected chi connectivity index (χ1v) is 5.20. The maximum absolute atomic E-state index is 12.2. The summed E-state index contributed by atoms with van der Waals surface area (Å²) in [5.74, 6) is 1.85. The van der Waals surface area contributed by atoms with Crippen molar-refractivity contribution in [2.45, 2.75) is 25.2 Å². The molecule has 1 fully saturated rings. The van der Waals surface area contributed by atoms with E-state index in [2.05, 4.69) is 9.97 Å². The molecule has 0 amide bonds. The molecule has 0 bridgehead atoms. The number of hydrogen-bond donors (Lipinski definition) is 1. The van der Waals surface area contributed by atoms with E-state index in [4.69, 9.17) is 5.73 Å². The molecule has 88 valence electrons. The van der Waals surface area contributed by atoms with Crippen LogP contribution in [0.1, 0.15) is 24.6 Å². The Morgan fingerprint density at radius 1 is 1.50 bits per heavy atom. The number of hydrogen-bond acceptors (Lipinski definition) is 4. The van der Waals surface area contributed by atoms with E-state index in [1.54, 1.807) is 7.05 Å². The summed E-state index contributed by atoms with van der Waals surface area (Å²) in [6.45, 7) is -0.347. The highest BCUT2D eigenvalue weighted by Gasteiger charge is 2.27. The second kappa shape index (κ2) is 4.19. The zero-order chi connectivity index (χ0) is 11.7. The van der Waals surface area contributed by atoms with E-state index in [1.165, 1.54) is 11.0 Å². The van der Waals surface area contributed by atoms with Gasteiger partial charge in [-0.05, 0) is 12.8 Å². The van der Waals surface area contributed by atoms with Crippen LogP contribution < -0.4 is 10.6 Å². The molecule has 1 aliphatic rings. The van der Waals surface area contributed by atoms with Crippen molar-refractivity contribution in [2.24, 2.45) is 0 Å². The van der Waals surface area contributed by atoms with E-state index in [0.29, 0.717) is 23.4 Å². The summed E-state index contributed by atoms with van der Waals surface area (Å²) >= 11 is 0. The van der Waals surface area contributed by atoms with Crippen LogP contribution in [-0.4, -0.2) is 30.0 Å². The van der Waals surface area contributed by atoms with Crippen LogP contribution in [-0.2, 0) is 0 Å². The fourth-order valence-electron chi connectivity index (χ4n) is 1.49. The molecule has 0 aliphatic heterocycles. The maximum Gasteiger partial charge on any atom is 0.255 e. The van der Waals surface area contributed by atoms with Crippen LogP contribution in [0.3, 0.4) is 0 Å². The summed E-state index contributed by atoms with van der Waals surface area (Å²) in [5, 5.41) is 0. The van der Waals surface area contributed by atoms with Gasteiger partial charge in [-0.25, -0.2) is 18.7 Å². The summed E-state index contributed by atoms with van der Waals surface area (Å²) in [6.07, 6.45) is -0.270.